The Labute approximate surface area is 144 Å². The molecule has 0 aliphatic heterocycles. The van der Waals surface area contributed by atoms with Gasteiger partial charge in [-0.1, -0.05) is 36.9 Å². The van der Waals surface area contributed by atoms with Gasteiger partial charge in [-0.05, 0) is 33.5 Å². The topological polar surface area (TPSA) is 93.1 Å². The van der Waals surface area contributed by atoms with Crippen molar-refractivity contribution in [1.29, 1.82) is 0 Å². The minimum absolute atomic E-state index is 0.312. The van der Waals surface area contributed by atoms with Crippen molar-refractivity contribution < 1.29 is 26.7 Å². The zero-order valence-electron chi connectivity index (χ0n) is 14.9. The van der Waals surface area contributed by atoms with E-state index in [0.717, 1.165) is 13.7 Å². The number of nitrogens with zero attached hydrogens (tertiary/aromatic N) is 1. The Morgan fingerprint density at radius 1 is 1.25 bits per heavy atom. The molecule has 0 fully saturated rings. The third kappa shape index (κ3) is 18.3. The van der Waals surface area contributed by atoms with Gasteiger partial charge in [0.25, 0.3) is 0 Å². The van der Waals surface area contributed by atoms with Crippen LogP contribution in [0.3, 0.4) is 0 Å². The van der Waals surface area contributed by atoms with Gasteiger partial charge in [0.05, 0.1) is 13.7 Å². The minimum Gasteiger partial charge on any atom is -0.463 e. The molecule has 0 radical (unpaired) electrons. The first kappa shape index (κ1) is 24.5. The maximum atomic E-state index is 10.4. The Hall–Kier alpha value is -1.74. The predicted molar refractivity (Wildman–Crippen MR) is 93.8 cm³/mol. The average molecular weight is 361 g/mol. The van der Waals surface area contributed by atoms with E-state index in [1.165, 1.54) is 5.56 Å². The average Bonchev–Trinajstić information content (AvgIpc) is 2.48. The summed E-state index contributed by atoms with van der Waals surface area (Å²) in [6, 6.07) is 10.5. The highest BCUT2D eigenvalue weighted by Gasteiger charge is 1.98. The number of carbonyl (C=O) groups excluding carboxylic acids is 1. The van der Waals surface area contributed by atoms with E-state index < -0.39 is 10.4 Å². The molecule has 0 bridgehead atoms. The summed E-state index contributed by atoms with van der Waals surface area (Å²) in [6.07, 6.45) is 0. The SMILES string of the molecule is C=C(C)C(=O)OCC.CN(C)Cc1ccccc1.COS(=O)(=O)O. The number of carbonyl (C=O) groups is 1. The zero-order chi connectivity index (χ0) is 19.2. The Balaban J connectivity index is 0. The number of esters is 1. The van der Waals surface area contributed by atoms with E-state index in [1.54, 1.807) is 13.8 Å². The van der Waals surface area contributed by atoms with Crippen molar-refractivity contribution in [2.45, 2.75) is 20.4 Å². The molecule has 0 aliphatic carbocycles. The van der Waals surface area contributed by atoms with Gasteiger partial charge in [-0.2, -0.15) is 8.42 Å². The van der Waals surface area contributed by atoms with Crippen LogP contribution in [0.1, 0.15) is 19.4 Å². The second-order valence-corrected chi connectivity index (χ2v) is 6.01. The van der Waals surface area contributed by atoms with E-state index in [9.17, 15) is 13.2 Å². The molecule has 138 valence electrons. The summed E-state index contributed by atoms with van der Waals surface area (Å²) in [5.41, 5.74) is 1.82. The van der Waals surface area contributed by atoms with Crippen LogP contribution >= 0.6 is 0 Å². The van der Waals surface area contributed by atoms with E-state index in [2.05, 4.69) is 58.8 Å². The summed E-state index contributed by atoms with van der Waals surface area (Å²) < 4.78 is 34.3. The summed E-state index contributed by atoms with van der Waals surface area (Å²) >= 11 is 0. The van der Waals surface area contributed by atoms with Crippen molar-refractivity contribution in [3.63, 3.8) is 0 Å². The molecule has 1 aromatic carbocycles. The van der Waals surface area contributed by atoms with E-state index in [0.29, 0.717) is 12.2 Å². The summed E-state index contributed by atoms with van der Waals surface area (Å²) in [5, 5.41) is 0. The fourth-order valence-electron chi connectivity index (χ4n) is 1.20. The molecule has 1 rings (SSSR count). The Morgan fingerprint density at radius 3 is 1.96 bits per heavy atom. The van der Waals surface area contributed by atoms with Gasteiger partial charge >= 0.3 is 16.4 Å². The molecule has 0 amide bonds. The third-order valence-corrected chi connectivity index (χ3v) is 2.60. The van der Waals surface area contributed by atoms with Crippen molar-refractivity contribution in [3.8, 4) is 0 Å². The van der Waals surface area contributed by atoms with Crippen molar-refractivity contribution in [3.05, 3.63) is 48.0 Å². The molecule has 24 heavy (non-hydrogen) atoms. The summed E-state index contributed by atoms with van der Waals surface area (Å²) in [5.74, 6) is -0.312. The highest BCUT2D eigenvalue weighted by Crippen LogP contribution is 1.99. The van der Waals surface area contributed by atoms with E-state index in [-0.39, 0.29) is 5.97 Å². The van der Waals surface area contributed by atoms with Crippen LogP contribution in [0.25, 0.3) is 0 Å². The Bertz CT molecular complexity index is 569. The number of hydrogen-bond acceptors (Lipinski definition) is 6. The van der Waals surface area contributed by atoms with Gasteiger partial charge in [-0.15, -0.1) is 0 Å². The summed E-state index contributed by atoms with van der Waals surface area (Å²) in [7, 11) is 0.861. The second-order valence-electron chi connectivity index (χ2n) is 4.82. The van der Waals surface area contributed by atoms with Gasteiger partial charge in [0.2, 0.25) is 0 Å². The van der Waals surface area contributed by atoms with Crippen LogP contribution in [0.2, 0.25) is 0 Å². The minimum atomic E-state index is -4.16. The van der Waals surface area contributed by atoms with Crippen LogP contribution in [0, 0.1) is 0 Å². The maximum Gasteiger partial charge on any atom is 0.397 e. The molecular formula is C16H27NO6S. The molecule has 8 heteroatoms. The zero-order valence-corrected chi connectivity index (χ0v) is 15.7. The normalized spacial score (nSPS) is 9.96. The standard InChI is InChI=1S/C9H13N.C6H10O2.CH4O4S/c1-10(2)8-9-6-4-3-5-7-9;1-4-8-6(7)5(2)3;1-5-6(2,3)4/h3-7H,8H2,1-2H3;2,4H2,1,3H3;1H3,(H,2,3,4). The molecule has 0 unspecified atom stereocenters. The Kier molecular flexibility index (Phi) is 14.0. The molecule has 0 spiro atoms. The number of rotatable bonds is 5. The van der Waals surface area contributed by atoms with Crippen LogP contribution in [0.4, 0.5) is 0 Å². The summed E-state index contributed by atoms with van der Waals surface area (Å²) in [6.45, 7) is 8.24. The maximum absolute atomic E-state index is 10.4. The van der Waals surface area contributed by atoms with Gasteiger partial charge < -0.3 is 9.64 Å². The van der Waals surface area contributed by atoms with Crippen molar-refractivity contribution in [1.82, 2.24) is 4.90 Å². The molecule has 0 heterocycles. The number of ether oxygens (including phenoxy) is 1. The fourth-order valence-corrected chi connectivity index (χ4v) is 1.20. The number of hydrogen-bond donors (Lipinski definition) is 1. The first-order chi connectivity index (χ1) is 11.0. The first-order valence-electron chi connectivity index (χ1n) is 7.07. The van der Waals surface area contributed by atoms with Crippen molar-refractivity contribution >= 4 is 16.4 Å². The van der Waals surface area contributed by atoms with E-state index in [1.807, 2.05) is 6.07 Å². The van der Waals surface area contributed by atoms with Gasteiger partial charge in [0, 0.05) is 12.1 Å². The Morgan fingerprint density at radius 2 is 1.71 bits per heavy atom. The summed E-state index contributed by atoms with van der Waals surface area (Å²) in [4.78, 5) is 12.6. The highest BCUT2D eigenvalue weighted by molar-refractivity contribution is 7.80. The fraction of sp³-hybridized carbons (Fsp3) is 0.438. The van der Waals surface area contributed by atoms with Crippen molar-refractivity contribution in [2.75, 3.05) is 27.8 Å². The lowest BCUT2D eigenvalue weighted by atomic mass is 10.2. The molecule has 0 aromatic heterocycles. The molecule has 0 aliphatic rings. The molecule has 1 N–H and O–H groups in total. The highest BCUT2D eigenvalue weighted by atomic mass is 32.3. The van der Waals surface area contributed by atoms with Crippen LogP contribution in [-0.2, 0) is 30.7 Å². The van der Waals surface area contributed by atoms with Crippen LogP contribution in [0.5, 0.6) is 0 Å². The molecule has 1 aromatic rings. The number of benzene rings is 1. The van der Waals surface area contributed by atoms with Gasteiger partial charge in [-0.3, -0.25) is 8.74 Å². The van der Waals surface area contributed by atoms with Gasteiger partial charge in [-0.25, -0.2) is 4.79 Å². The van der Waals surface area contributed by atoms with E-state index in [4.69, 9.17) is 4.55 Å². The molecule has 0 saturated heterocycles. The van der Waals surface area contributed by atoms with Crippen LogP contribution < -0.4 is 0 Å². The third-order valence-electron chi connectivity index (χ3n) is 2.18. The largest absolute Gasteiger partial charge is 0.463 e. The predicted octanol–water partition coefficient (Wildman–Crippen LogP) is 2.31. The quantitative estimate of drug-likeness (QED) is 0.489. The smallest absolute Gasteiger partial charge is 0.397 e. The second kappa shape index (κ2) is 13.7. The molecular weight excluding hydrogens is 334 g/mol. The van der Waals surface area contributed by atoms with Crippen molar-refractivity contribution in [2.24, 2.45) is 0 Å². The van der Waals surface area contributed by atoms with Crippen LogP contribution in [-0.4, -0.2) is 51.7 Å². The molecule has 0 atom stereocenters. The van der Waals surface area contributed by atoms with Gasteiger partial charge in [0.1, 0.15) is 0 Å². The van der Waals surface area contributed by atoms with E-state index >= 15 is 0 Å². The molecule has 0 saturated carbocycles. The lowest BCUT2D eigenvalue weighted by molar-refractivity contribution is -0.138. The lowest BCUT2D eigenvalue weighted by Crippen LogP contribution is -2.10. The van der Waals surface area contributed by atoms with Crippen LogP contribution in [0.15, 0.2) is 42.5 Å². The monoisotopic (exact) mass is 361 g/mol. The van der Waals surface area contributed by atoms with Gasteiger partial charge in [0.15, 0.2) is 0 Å². The lowest BCUT2D eigenvalue weighted by Gasteiger charge is -2.08. The molecule has 7 nitrogen and oxygen atoms in total. The first-order valence-corrected chi connectivity index (χ1v) is 8.44.